The summed E-state index contributed by atoms with van der Waals surface area (Å²) in [5, 5.41) is 37.9. The van der Waals surface area contributed by atoms with E-state index in [2.05, 4.69) is 16.3 Å². The van der Waals surface area contributed by atoms with Crippen LogP contribution in [0.25, 0.3) is 27.8 Å². The first-order valence-corrected chi connectivity index (χ1v) is 11.6. The van der Waals surface area contributed by atoms with Gasteiger partial charge in [-0.05, 0) is 43.4 Å². The third-order valence-corrected chi connectivity index (χ3v) is 7.23. The summed E-state index contributed by atoms with van der Waals surface area (Å²) in [4.78, 5) is 16.7. The molecule has 5 rings (SSSR count). The SMILES string of the molecule is COc1cc(-n2c(C(C)(C)CC#N)c([C@@H]3CC[C@@](O)(C(=O)O)C3)c3nc4[nH]ncc4cc32)ccc1F. The van der Waals surface area contributed by atoms with E-state index in [0.717, 1.165) is 16.6 Å². The molecule has 0 bridgehead atoms. The number of fused-ring (bicyclic) bond motifs is 2. The summed E-state index contributed by atoms with van der Waals surface area (Å²) in [5.41, 5.74) is 1.52. The molecule has 0 spiro atoms. The molecular formula is C26H26FN5O4. The van der Waals surface area contributed by atoms with Crippen molar-refractivity contribution in [3.05, 3.63) is 47.5 Å². The van der Waals surface area contributed by atoms with E-state index in [0.29, 0.717) is 28.8 Å². The highest BCUT2D eigenvalue weighted by Gasteiger charge is 2.47. The third kappa shape index (κ3) is 3.58. The van der Waals surface area contributed by atoms with E-state index < -0.39 is 22.8 Å². The van der Waals surface area contributed by atoms with Crippen molar-refractivity contribution in [1.29, 1.82) is 5.26 Å². The number of methoxy groups -OCH3 is 1. The highest BCUT2D eigenvalue weighted by Crippen LogP contribution is 2.49. The monoisotopic (exact) mass is 491 g/mol. The first kappa shape index (κ1) is 23.8. The van der Waals surface area contributed by atoms with Crippen LogP contribution in [0.5, 0.6) is 5.75 Å². The van der Waals surface area contributed by atoms with E-state index in [1.165, 1.54) is 13.2 Å². The molecule has 4 aromatic rings. The Morgan fingerprint density at radius 2 is 2.19 bits per heavy atom. The van der Waals surface area contributed by atoms with Crippen molar-refractivity contribution in [2.75, 3.05) is 7.11 Å². The first-order valence-electron chi connectivity index (χ1n) is 11.6. The number of hydrogen-bond acceptors (Lipinski definition) is 6. The Morgan fingerprint density at radius 3 is 2.86 bits per heavy atom. The molecule has 10 heteroatoms. The van der Waals surface area contributed by atoms with Gasteiger partial charge in [0.15, 0.2) is 22.8 Å². The molecule has 3 aromatic heterocycles. The Labute approximate surface area is 206 Å². The number of nitrogens with one attached hydrogen (secondary N) is 1. The number of aromatic amines is 1. The van der Waals surface area contributed by atoms with Crippen molar-refractivity contribution in [1.82, 2.24) is 19.7 Å². The van der Waals surface area contributed by atoms with Crippen LogP contribution in [0.2, 0.25) is 0 Å². The average Bonchev–Trinajstić information content (AvgIpc) is 3.53. The number of nitriles is 1. The standard InChI is InChI=1S/C26H26FN5O4/c1-25(2,8-9-28)22-20(14-6-7-26(35,12-14)24(33)34)21-18(10-15-13-29-31-23(15)30-21)32(22)16-4-5-17(27)19(11-16)36-3/h4-5,10-11,13-14,35H,6-8,12H2,1-3H3,(H,33,34)(H,29,30,31)/t14-,26+/m1/s1. The molecule has 0 radical (unpaired) electrons. The van der Waals surface area contributed by atoms with Crippen LogP contribution in [0.15, 0.2) is 30.5 Å². The van der Waals surface area contributed by atoms with Gasteiger partial charge in [-0.15, -0.1) is 0 Å². The fraction of sp³-hybridized carbons (Fsp3) is 0.385. The fourth-order valence-electron chi connectivity index (χ4n) is 5.45. The van der Waals surface area contributed by atoms with Gasteiger partial charge in [0, 0.05) is 40.2 Å². The molecule has 0 aliphatic heterocycles. The van der Waals surface area contributed by atoms with Crippen molar-refractivity contribution >= 4 is 28.0 Å². The second kappa shape index (κ2) is 8.31. The quantitative estimate of drug-likeness (QED) is 0.365. The molecule has 0 saturated heterocycles. The van der Waals surface area contributed by atoms with Gasteiger partial charge < -0.3 is 19.5 Å². The number of rotatable bonds is 6. The van der Waals surface area contributed by atoms with Crippen LogP contribution in [-0.4, -0.2) is 48.6 Å². The maximum atomic E-state index is 14.3. The number of carboxylic acids is 1. The predicted octanol–water partition coefficient (Wildman–Crippen LogP) is 4.32. The van der Waals surface area contributed by atoms with Gasteiger partial charge in [-0.25, -0.2) is 14.2 Å². The molecule has 0 unspecified atom stereocenters. The van der Waals surface area contributed by atoms with Crippen LogP contribution >= 0.6 is 0 Å². The lowest BCUT2D eigenvalue weighted by Gasteiger charge is -2.28. The molecule has 186 valence electrons. The Kier molecular flexibility index (Phi) is 5.48. The van der Waals surface area contributed by atoms with Crippen LogP contribution in [0, 0.1) is 17.1 Å². The van der Waals surface area contributed by atoms with E-state index in [4.69, 9.17) is 9.72 Å². The zero-order valence-electron chi connectivity index (χ0n) is 20.2. The number of carboxylic acid groups (broad SMARTS) is 1. The van der Waals surface area contributed by atoms with Gasteiger partial charge in [-0.2, -0.15) is 10.4 Å². The molecule has 3 heterocycles. The number of pyridine rings is 1. The second-order valence-electron chi connectivity index (χ2n) is 10.1. The number of aliphatic carboxylic acids is 1. The summed E-state index contributed by atoms with van der Waals surface area (Å²) in [6, 6.07) is 8.73. The summed E-state index contributed by atoms with van der Waals surface area (Å²) in [7, 11) is 1.39. The number of nitrogens with zero attached hydrogens (tertiary/aromatic N) is 4. The van der Waals surface area contributed by atoms with Crippen molar-refractivity contribution in [2.24, 2.45) is 0 Å². The highest BCUT2D eigenvalue weighted by atomic mass is 19.1. The molecule has 1 saturated carbocycles. The molecule has 3 N–H and O–H groups in total. The number of aromatic nitrogens is 4. The largest absolute Gasteiger partial charge is 0.494 e. The second-order valence-corrected chi connectivity index (χ2v) is 10.1. The summed E-state index contributed by atoms with van der Waals surface area (Å²) in [5.74, 6) is -2.01. The van der Waals surface area contributed by atoms with E-state index >= 15 is 0 Å². The van der Waals surface area contributed by atoms with Gasteiger partial charge in [0.1, 0.15) is 0 Å². The minimum absolute atomic E-state index is 0.0203. The smallest absolute Gasteiger partial charge is 0.335 e. The number of aliphatic hydroxyl groups is 1. The van der Waals surface area contributed by atoms with Crippen molar-refractivity contribution < 1.29 is 24.1 Å². The summed E-state index contributed by atoms with van der Waals surface area (Å²) in [6.07, 6.45) is 2.39. The van der Waals surface area contributed by atoms with Crippen LogP contribution in [0.4, 0.5) is 4.39 Å². The first-order chi connectivity index (χ1) is 17.1. The van der Waals surface area contributed by atoms with Crippen LogP contribution in [0.3, 0.4) is 0 Å². The molecule has 1 aromatic carbocycles. The van der Waals surface area contributed by atoms with Gasteiger partial charge in [-0.3, -0.25) is 5.10 Å². The molecule has 1 aliphatic carbocycles. The normalized spacial score (nSPS) is 20.2. The van der Waals surface area contributed by atoms with E-state index in [9.17, 15) is 24.7 Å². The van der Waals surface area contributed by atoms with Crippen LogP contribution in [-0.2, 0) is 10.2 Å². The minimum Gasteiger partial charge on any atom is -0.494 e. The number of hydrogen-bond donors (Lipinski definition) is 3. The molecule has 1 fully saturated rings. The van der Waals surface area contributed by atoms with Gasteiger partial charge in [0.05, 0.1) is 30.4 Å². The Hall–Kier alpha value is -3.97. The summed E-state index contributed by atoms with van der Waals surface area (Å²) >= 11 is 0. The van der Waals surface area contributed by atoms with Crippen LogP contribution in [0.1, 0.15) is 56.7 Å². The van der Waals surface area contributed by atoms with Crippen molar-refractivity contribution in [2.45, 2.75) is 56.5 Å². The Morgan fingerprint density at radius 1 is 1.42 bits per heavy atom. The lowest BCUT2D eigenvalue weighted by Crippen LogP contribution is -2.35. The maximum absolute atomic E-state index is 14.3. The summed E-state index contributed by atoms with van der Waals surface area (Å²) in [6.45, 7) is 3.88. The topological polar surface area (TPSA) is 137 Å². The van der Waals surface area contributed by atoms with E-state index in [-0.39, 0.29) is 30.9 Å². The molecular weight excluding hydrogens is 465 g/mol. The number of carbonyl (C=O) groups is 1. The average molecular weight is 492 g/mol. The van der Waals surface area contributed by atoms with Gasteiger partial charge in [-0.1, -0.05) is 13.8 Å². The maximum Gasteiger partial charge on any atom is 0.335 e. The molecule has 1 aliphatic rings. The zero-order valence-corrected chi connectivity index (χ0v) is 20.2. The number of benzene rings is 1. The Bertz CT molecular complexity index is 1550. The highest BCUT2D eigenvalue weighted by molar-refractivity contribution is 5.94. The van der Waals surface area contributed by atoms with E-state index in [1.54, 1.807) is 18.3 Å². The predicted molar refractivity (Wildman–Crippen MR) is 130 cm³/mol. The lowest BCUT2D eigenvalue weighted by molar-refractivity contribution is -0.157. The third-order valence-electron chi connectivity index (χ3n) is 7.23. The fourth-order valence-corrected chi connectivity index (χ4v) is 5.45. The molecule has 0 amide bonds. The van der Waals surface area contributed by atoms with Crippen LogP contribution < -0.4 is 4.74 Å². The van der Waals surface area contributed by atoms with Gasteiger partial charge in [0.2, 0.25) is 0 Å². The number of H-pyrrole nitrogens is 1. The Balaban J connectivity index is 1.89. The zero-order chi connectivity index (χ0) is 25.8. The van der Waals surface area contributed by atoms with E-state index in [1.807, 2.05) is 24.5 Å². The molecule has 9 nitrogen and oxygen atoms in total. The summed E-state index contributed by atoms with van der Waals surface area (Å²) < 4.78 is 21.5. The minimum atomic E-state index is -1.84. The lowest BCUT2D eigenvalue weighted by atomic mass is 9.80. The number of ether oxygens (including phenoxy) is 1. The molecule has 2 atom stereocenters. The van der Waals surface area contributed by atoms with Crippen molar-refractivity contribution in [3.8, 4) is 17.5 Å². The van der Waals surface area contributed by atoms with Gasteiger partial charge >= 0.3 is 5.97 Å². The van der Waals surface area contributed by atoms with Crippen molar-refractivity contribution in [3.63, 3.8) is 0 Å². The van der Waals surface area contributed by atoms with Gasteiger partial charge in [0.25, 0.3) is 0 Å². The number of halogens is 1. The molecule has 36 heavy (non-hydrogen) atoms.